The SMILES string of the molecule is O=c1cc(N2CCN(CCCOc3ccccc3Cl)CC2)[nH]c(=O)[nH]1. The molecule has 0 radical (unpaired) electrons. The number of ether oxygens (including phenoxy) is 1. The number of hydrogen-bond donors (Lipinski definition) is 2. The summed E-state index contributed by atoms with van der Waals surface area (Å²) in [6.07, 6.45) is 0.910. The first kappa shape index (κ1) is 17.6. The summed E-state index contributed by atoms with van der Waals surface area (Å²) >= 11 is 6.06. The number of hydrogen-bond acceptors (Lipinski definition) is 5. The van der Waals surface area contributed by atoms with E-state index in [1.807, 2.05) is 29.2 Å². The van der Waals surface area contributed by atoms with Gasteiger partial charge in [0.25, 0.3) is 5.56 Å². The van der Waals surface area contributed by atoms with Crippen molar-refractivity contribution < 1.29 is 4.74 Å². The monoisotopic (exact) mass is 364 g/mol. The fourth-order valence-electron chi connectivity index (χ4n) is 2.87. The van der Waals surface area contributed by atoms with Crippen LogP contribution in [0.25, 0.3) is 0 Å². The minimum atomic E-state index is -0.471. The van der Waals surface area contributed by atoms with Crippen molar-refractivity contribution in [3.8, 4) is 5.75 Å². The van der Waals surface area contributed by atoms with Gasteiger partial charge in [-0.3, -0.25) is 19.7 Å². The summed E-state index contributed by atoms with van der Waals surface area (Å²) in [5.41, 5.74) is -0.848. The van der Waals surface area contributed by atoms with Gasteiger partial charge in [-0.1, -0.05) is 23.7 Å². The molecule has 1 fully saturated rings. The van der Waals surface area contributed by atoms with E-state index in [1.165, 1.54) is 6.07 Å². The highest BCUT2D eigenvalue weighted by Gasteiger charge is 2.17. The van der Waals surface area contributed by atoms with E-state index in [2.05, 4.69) is 14.9 Å². The van der Waals surface area contributed by atoms with Crippen molar-refractivity contribution >= 4 is 17.4 Å². The number of nitrogens with one attached hydrogen (secondary N) is 2. The van der Waals surface area contributed by atoms with Gasteiger partial charge in [0.1, 0.15) is 11.6 Å². The number of benzene rings is 1. The van der Waals surface area contributed by atoms with Crippen LogP contribution in [0, 0.1) is 0 Å². The lowest BCUT2D eigenvalue weighted by Gasteiger charge is -2.35. The van der Waals surface area contributed by atoms with E-state index in [9.17, 15) is 9.59 Å². The highest BCUT2D eigenvalue weighted by atomic mass is 35.5. The zero-order valence-electron chi connectivity index (χ0n) is 13.8. The normalized spacial score (nSPS) is 15.3. The number of aromatic nitrogens is 2. The third-order valence-electron chi connectivity index (χ3n) is 4.17. The quantitative estimate of drug-likeness (QED) is 0.755. The summed E-state index contributed by atoms with van der Waals surface area (Å²) in [7, 11) is 0. The Morgan fingerprint density at radius 3 is 2.56 bits per heavy atom. The maximum atomic E-state index is 11.4. The molecule has 7 nitrogen and oxygen atoms in total. The summed E-state index contributed by atoms with van der Waals surface area (Å²) < 4.78 is 5.70. The van der Waals surface area contributed by atoms with E-state index in [1.54, 1.807) is 0 Å². The van der Waals surface area contributed by atoms with Crippen LogP contribution in [0.2, 0.25) is 5.02 Å². The molecular formula is C17H21ClN4O3. The lowest BCUT2D eigenvalue weighted by molar-refractivity contribution is 0.224. The van der Waals surface area contributed by atoms with Gasteiger partial charge in [0.15, 0.2) is 0 Å². The van der Waals surface area contributed by atoms with Crippen LogP contribution in [-0.4, -0.2) is 54.2 Å². The van der Waals surface area contributed by atoms with Gasteiger partial charge in [0.05, 0.1) is 11.6 Å². The third-order valence-corrected chi connectivity index (χ3v) is 4.48. The van der Waals surface area contributed by atoms with E-state index in [4.69, 9.17) is 16.3 Å². The van der Waals surface area contributed by atoms with Crippen molar-refractivity contribution in [2.45, 2.75) is 6.42 Å². The number of H-pyrrole nitrogens is 2. The first-order valence-corrected chi connectivity index (χ1v) is 8.68. The van der Waals surface area contributed by atoms with Gasteiger partial charge < -0.3 is 9.64 Å². The molecule has 2 N–H and O–H groups in total. The Kier molecular flexibility index (Phi) is 5.78. The molecule has 1 aromatic carbocycles. The van der Waals surface area contributed by atoms with Crippen LogP contribution in [0.3, 0.4) is 0 Å². The van der Waals surface area contributed by atoms with Gasteiger partial charge in [-0.2, -0.15) is 0 Å². The highest BCUT2D eigenvalue weighted by molar-refractivity contribution is 6.32. The number of piperazine rings is 1. The predicted octanol–water partition coefficient (Wildman–Crippen LogP) is 1.31. The summed E-state index contributed by atoms with van der Waals surface area (Å²) in [5.74, 6) is 1.29. The second-order valence-corrected chi connectivity index (χ2v) is 6.34. The molecule has 0 saturated carbocycles. The Morgan fingerprint density at radius 2 is 1.84 bits per heavy atom. The van der Waals surface area contributed by atoms with Crippen molar-refractivity contribution in [3.63, 3.8) is 0 Å². The van der Waals surface area contributed by atoms with Gasteiger partial charge in [-0.15, -0.1) is 0 Å². The van der Waals surface area contributed by atoms with E-state index in [0.717, 1.165) is 39.1 Å². The molecule has 0 spiro atoms. The molecule has 0 atom stereocenters. The number of aromatic amines is 2. The summed E-state index contributed by atoms with van der Waals surface area (Å²) in [6.45, 7) is 4.84. The Labute approximate surface area is 150 Å². The van der Waals surface area contributed by atoms with Gasteiger partial charge in [-0.25, -0.2) is 4.79 Å². The van der Waals surface area contributed by atoms with Gasteiger partial charge in [0.2, 0.25) is 0 Å². The lowest BCUT2D eigenvalue weighted by Crippen LogP contribution is -2.47. The Hall–Kier alpha value is -2.25. The van der Waals surface area contributed by atoms with Crippen LogP contribution in [0.4, 0.5) is 5.82 Å². The summed E-state index contributed by atoms with van der Waals surface area (Å²) in [4.78, 5) is 32.0. The number of nitrogens with zero attached hydrogens (tertiary/aromatic N) is 2. The summed E-state index contributed by atoms with van der Waals surface area (Å²) in [6, 6.07) is 8.88. The van der Waals surface area contributed by atoms with Crippen LogP contribution >= 0.6 is 11.6 Å². The van der Waals surface area contributed by atoms with Crippen LogP contribution < -0.4 is 20.9 Å². The van der Waals surface area contributed by atoms with Gasteiger partial charge in [0, 0.05) is 38.8 Å². The van der Waals surface area contributed by atoms with Crippen molar-refractivity contribution in [1.29, 1.82) is 0 Å². The van der Waals surface area contributed by atoms with Crippen molar-refractivity contribution in [3.05, 3.63) is 56.2 Å². The number of para-hydroxylation sites is 1. The molecule has 1 aliphatic rings. The average molecular weight is 365 g/mol. The highest BCUT2D eigenvalue weighted by Crippen LogP contribution is 2.23. The van der Waals surface area contributed by atoms with Crippen molar-refractivity contribution in [1.82, 2.24) is 14.9 Å². The van der Waals surface area contributed by atoms with Gasteiger partial charge >= 0.3 is 5.69 Å². The Morgan fingerprint density at radius 1 is 1.08 bits per heavy atom. The first-order chi connectivity index (χ1) is 12.1. The van der Waals surface area contributed by atoms with E-state index in [-0.39, 0.29) is 5.56 Å². The predicted molar refractivity (Wildman–Crippen MR) is 97.9 cm³/mol. The van der Waals surface area contributed by atoms with E-state index >= 15 is 0 Å². The molecule has 1 saturated heterocycles. The van der Waals surface area contributed by atoms with Crippen LogP contribution in [-0.2, 0) is 0 Å². The molecule has 1 aliphatic heterocycles. The molecule has 2 aromatic rings. The first-order valence-electron chi connectivity index (χ1n) is 8.30. The summed E-state index contributed by atoms with van der Waals surface area (Å²) in [5, 5.41) is 0.628. The molecular weight excluding hydrogens is 344 g/mol. The maximum absolute atomic E-state index is 11.4. The number of rotatable bonds is 6. The molecule has 1 aromatic heterocycles. The second-order valence-electron chi connectivity index (χ2n) is 5.93. The van der Waals surface area contributed by atoms with E-state index in [0.29, 0.717) is 23.2 Å². The molecule has 2 heterocycles. The average Bonchev–Trinajstić information content (AvgIpc) is 2.60. The third kappa shape index (κ3) is 4.87. The largest absolute Gasteiger partial charge is 0.492 e. The molecule has 3 rings (SSSR count). The smallest absolute Gasteiger partial charge is 0.327 e. The fraction of sp³-hybridized carbons (Fsp3) is 0.412. The molecule has 0 amide bonds. The van der Waals surface area contributed by atoms with Crippen LogP contribution in [0.1, 0.15) is 6.42 Å². The van der Waals surface area contributed by atoms with Crippen molar-refractivity contribution in [2.75, 3.05) is 44.2 Å². The lowest BCUT2D eigenvalue weighted by atomic mass is 10.3. The number of halogens is 1. The molecule has 8 heteroatoms. The standard InChI is InChI=1S/C17H21ClN4O3/c18-13-4-1-2-5-14(13)25-11-3-6-21-7-9-22(10-8-21)15-12-16(23)20-17(24)19-15/h1-2,4-5,12H,3,6-11H2,(H2,19,20,23,24). The molecule has 0 aliphatic carbocycles. The maximum Gasteiger partial charge on any atom is 0.327 e. The Balaban J connectivity index is 1.41. The van der Waals surface area contributed by atoms with Crippen molar-refractivity contribution in [2.24, 2.45) is 0 Å². The molecule has 25 heavy (non-hydrogen) atoms. The molecule has 0 unspecified atom stereocenters. The fourth-order valence-corrected chi connectivity index (χ4v) is 3.06. The van der Waals surface area contributed by atoms with Crippen LogP contribution in [0.15, 0.2) is 39.9 Å². The van der Waals surface area contributed by atoms with Crippen LogP contribution in [0.5, 0.6) is 5.75 Å². The zero-order valence-corrected chi connectivity index (χ0v) is 14.6. The topological polar surface area (TPSA) is 81.4 Å². The van der Waals surface area contributed by atoms with Gasteiger partial charge in [-0.05, 0) is 18.6 Å². The molecule has 134 valence electrons. The van der Waals surface area contributed by atoms with E-state index < -0.39 is 5.69 Å². The minimum absolute atomic E-state index is 0.377. The number of anilines is 1. The zero-order chi connectivity index (χ0) is 17.6. The second kappa shape index (κ2) is 8.22. The Bertz CT molecular complexity index is 784. The molecule has 0 bridgehead atoms. The minimum Gasteiger partial charge on any atom is -0.492 e.